The maximum atomic E-state index is 11.2. The first-order valence-corrected chi connectivity index (χ1v) is 4.74. The molecular weight excluding hydrogens is 208 g/mol. The highest BCUT2D eigenvalue weighted by Gasteiger charge is 2.22. The first kappa shape index (κ1) is 10.2. The van der Waals surface area contributed by atoms with Crippen LogP contribution in [0.5, 0.6) is 0 Å². The second-order valence-electron chi connectivity index (χ2n) is 3.37. The summed E-state index contributed by atoms with van der Waals surface area (Å²) in [7, 11) is 0. The fourth-order valence-electron chi connectivity index (χ4n) is 1.51. The van der Waals surface area contributed by atoms with E-state index in [0.717, 1.165) is 5.56 Å². The third-order valence-corrected chi connectivity index (χ3v) is 2.26. The van der Waals surface area contributed by atoms with Gasteiger partial charge in [-0.1, -0.05) is 30.3 Å². The summed E-state index contributed by atoms with van der Waals surface area (Å²) in [6.45, 7) is 0. The third kappa shape index (κ3) is 2.03. The van der Waals surface area contributed by atoms with Crippen LogP contribution in [-0.4, -0.2) is 17.1 Å². The third-order valence-electron chi connectivity index (χ3n) is 2.26. The summed E-state index contributed by atoms with van der Waals surface area (Å²) in [5.41, 5.74) is 0.744. The average molecular weight is 218 g/mol. The number of hydrogen-bond acceptors (Lipinski definition) is 2. The van der Waals surface area contributed by atoms with Crippen molar-refractivity contribution in [3.05, 3.63) is 47.7 Å². The van der Waals surface area contributed by atoms with Crippen LogP contribution in [0.4, 0.5) is 4.79 Å². The van der Waals surface area contributed by atoms with Crippen molar-refractivity contribution in [2.45, 2.75) is 6.04 Å². The van der Waals surface area contributed by atoms with Crippen molar-refractivity contribution < 1.29 is 14.7 Å². The molecule has 82 valence electrons. The van der Waals surface area contributed by atoms with Gasteiger partial charge in [-0.15, -0.1) is 0 Å². The number of carboxylic acids is 1. The molecule has 1 heterocycles. The zero-order valence-electron chi connectivity index (χ0n) is 8.31. The first-order chi connectivity index (χ1) is 7.66. The van der Waals surface area contributed by atoms with Crippen LogP contribution in [0.15, 0.2) is 42.1 Å². The van der Waals surface area contributed by atoms with Crippen LogP contribution >= 0.6 is 0 Å². The lowest BCUT2D eigenvalue weighted by Crippen LogP contribution is -2.43. The molecule has 16 heavy (non-hydrogen) atoms. The largest absolute Gasteiger partial charge is 0.477 e. The molecule has 0 bridgehead atoms. The molecule has 0 saturated carbocycles. The van der Waals surface area contributed by atoms with Gasteiger partial charge in [0.15, 0.2) is 0 Å². The van der Waals surface area contributed by atoms with Crippen LogP contribution in [0.2, 0.25) is 0 Å². The van der Waals surface area contributed by atoms with Gasteiger partial charge in [0, 0.05) is 0 Å². The highest BCUT2D eigenvalue weighted by Crippen LogP contribution is 2.17. The topological polar surface area (TPSA) is 78.4 Å². The number of hydrogen-bond donors (Lipinski definition) is 3. The number of carbonyl (C=O) groups is 2. The Labute approximate surface area is 91.8 Å². The monoisotopic (exact) mass is 218 g/mol. The van der Waals surface area contributed by atoms with Crippen LogP contribution < -0.4 is 10.6 Å². The molecule has 0 unspecified atom stereocenters. The van der Waals surface area contributed by atoms with Gasteiger partial charge in [0.25, 0.3) is 0 Å². The molecule has 5 nitrogen and oxygen atoms in total. The van der Waals surface area contributed by atoms with Crippen LogP contribution in [0.1, 0.15) is 11.6 Å². The highest BCUT2D eigenvalue weighted by atomic mass is 16.4. The Kier molecular flexibility index (Phi) is 2.59. The lowest BCUT2D eigenvalue weighted by molar-refractivity contribution is -0.133. The Balaban J connectivity index is 2.32. The van der Waals surface area contributed by atoms with E-state index in [2.05, 4.69) is 10.6 Å². The van der Waals surface area contributed by atoms with Crippen molar-refractivity contribution in [2.24, 2.45) is 0 Å². The van der Waals surface area contributed by atoms with E-state index in [-0.39, 0.29) is 5.70 Å². The van der Waals surface area contributed by atoms with Gasteiger partial charge in [-0.3, -0.25) is 0 Å². The van der Waals surface area contributed by atoms with E-state index in [0.29, 0.717) is 0 Å². The Hall–Kier alpha value is -2.30. The van der Waals surface area contributed by atoms with E-state index in [9.17, 15) is 9.59 Å². The minimum atomic E-state index is -1.14. The van der Waals surface area contributed by atoms with Crippen molar-refractivity contribution in [3.63, 3.8) is 0 Å². The maximum Gasteiger partial charge on any atom is 0.352 e. The number of nitrogens with one attached hydrogen (secondary N) is 2. The summed E-state index contributed by atoms with van der Waals surface area (Å²) in [5.74, 6) is -1.14. The van der Waals surface area contributed by atoms with Gasteiger partial charge in [-0.25, -0.2) is 9.59 Å². The summed E-state index contributed by atoms with van der Waals surface area (Å²) >= 11 is 0. The Morgan fingerprint density at radius 1 is 1.25 bits per heavy atom. The number of carbonyl (C=O) groups excluding carboxylic acids is 1. The predicted octanol–water partition coefficient (Wildman–Crippen LogP) is 1.01. The SMILES string of the molecule is O=C1NC(C(=O)O)=C[C@H](c2ccccc2)N1. The number of carboxylic acid groups (broad SMARTS) is 1. The standard InChI is InChI=1S/C11H10N2O3/c14-10(15)9-6-8(12-11(16)13-9)7-4-2-1-3-5-7/h1-6,8H,(H,14,15)(H2,12,13,16)/t8-/m1/s1. The number of aliphatic carboxylic acids is 1. The molecule has 0 fully saturated rings. The average Bonchev–Trinajstić information content (AvgIpc) is 2.29. The van der Waals surface area contributed by atoms with E-state index in [1.807, 2.05) is 30.3 Å². The Morgan fingerprint density at radius 3 is 2.56 bits per heavy atom. The molecule has 0 radical (unpaired) electrons. The van der Waals surface area contributed by atoms with E-state index >= 15 is 0 Å². The summed E-state index contributed by atoms with van der Waals surface area (Å²) in [5, 5.41) is 13.7. The summed E-state index contributed by atoms with van der Waals surface area (Å²) in [4.78, 5) is 22.0. The minimum Gasteiger partial charge on any atom is -0.477 e. The van der Waals surface area contributed by atoms with Crippen molar-refractivity contribution in [3.8, 4) is 0 Å². The maximum absolute atomic E-state index is 11.2. The summed E-state index contributed by atoms with van der Waals surface area (Å²) < 4.78 is 0. The molecule has 1 aromatic carbocycles. The van der Waals surface area contributed by atoms with E-state index < -0.39 is 18.0 Å². The van der Waals surface area contributed by atoms with E-state index in [4.69, 9.17) is 5.11 Å². The predicted molar refractivity (Wildman–Crippen MR) is 56.6 cm³/mol. The molecule has 0 aliphatic carbocycles. The normalized spacial score (nSPS) is 19.4. The van der Waals surface area contributed by atoms with Crippen LogP contribution in [0.25, 0.3) is 0 Å². The van der Waals surface area contributed by atoms with Crippen LogP contribution in [-0.2, 0) is 4.79 Å². The van der Waals surface area contributed by atoms with E-state index in [1.165, 1.54) is 6.08 Å². The van der Waals surface area contributed by atoms with Crippen molar-refractivity contribution >= 4 is 12.0 Å². The first-order valence-electron chi connectivity index (χ1n) is 4.74. The van der Waals surface area contributed by atoms with Crippen molar-refractivity contribution in [1.29, 1.82) is 0 Å². The van der Waals surface area contributed by atoms with E-state index in [1.54, 1.807) is 0 Å². The molecule has 0 saturated heterocycles. The second-order valence-corrected chi connectivity index (χ2v) is 3.37. The van der Waals surface area contributed by atoms with Crippen LogP contribution in [0.3, 0.4) is 0 Å². The second kappa shape index (κ2) is 4.06. The van der Waals surface area contributed by atoms with Gasteiger partial charge in [0.1, 0.15) is 5.70 Å². The number of benzene rings is 1. The highest BCUT2D eigenvalue weighted by molar-refractivity contribution is 5.93. The summed E-state index contributed by atoms with van der Waals surface area (Å²) in [6, 6.07) is 8.26. The van der Waals surface area contributed by atoms with Crippen LogP contribution in [0, 0.1) is 0 Å². The molecule has 2 amide bonds. The minimum absolute atomic E-state index is 0.0994. The fourth-order valence-corrected chi connectivity index (χ4v) is 1.51. The van der Waals surface area contributed by atoms with Gasteiger partial charge >= 0.3 is 12.0 Å². The molecule has 1 aromatic rings. The van der Waals surface area contributed by atoms with Gasteiger partial charge in [0.05, 0.1) is 6.04 Å². The zero-order valence-corrected chi connectivity index (χ0v) is 8.31. The molecule has 1 aliphatic rings. The Bertz CT molecular complexity index is 454. The van der Waals surface area contributed by atoms with Gasteiger partial charge in [0.2, 0.25) is 0 Å². The fraction of sp³-hybridized carbons (Fsp3) is 0.0909. The molecule has 1 atom stereocenters. The molecule has 0 spiro atoms. The molecular formula is C11H10N2O3. The molecule has 2 rings (SSSR count). The van der Waals surface area contributed by atoms with Crippen molar-refractivity contribution in [2.75, 3.05) is 0 Å². The molecule has 5 heteroatoms. The smallest absolute Gasteiger partial charge is 0.352 e. The summed E-state index contributed by atoms with van der Waals surface area (Å²) in [6.07, 6.45) is 1.47. The lowest BCUT2D eigenvalue weighted by atomic mass is 10.0. The molecule has 3 N–H and O–H groups in total. The zero-order chi connectivity index (χ0) is 11.5. The van der Waals surface area contributed by atoms with Gasteiger partial charge < -0.3 is 15.7 Å². The number of rotatable bonds is 2. The number of urea groups is 1. The van der Waals surface area contributed by atoms with Crippen molar-refractivity contribution in [1.82, 2.24) is 10.6 Å². The van der Waals surface area contributed by atoms with Gasteiger partial charge in [-0.2, -0.15) is 0 Å². The quantitative estimate of drug-likeness (QED) is 0.693. The van der Waals surface area contributed by atoms with Gasteiger partial charge in [-0.05, 0) is 11.6 Å². The number of amides is 2. The molecule has 0 aromatic heterocycles. The Morgan fingerprint density at radius 2 is 1.94 bits per heavy atom. The molecule has 1 aliphatic heterocycles. The lowest BCUT2D eigenvalue weighted by Gasteiger charge is -2.22.